The van der Waals surface area contributed by atoms with Crippen molar-refractivity contribution in [1.29, 1.82) is 0 Å². The van der Waals surface area contributed by atoms with E-state index in [2.05, 4.69) is 10.1 Å². The highest BCUT2D eigenvalue weighted by Gasteiger charge is 2.36. The summed E-state index contributed by atoms with van der Waals surface area (Å²) in [6.07, 6.45) is 0.283. The van der Waals surface area contributed by atoms with Crippen molar-refractivity contribution in [2.24, 2.45) is 0 Å². The Hall–Kier alpha value is -3.55. The summed E-state index contributed by atoms with van der Waals surface area (Å²) in [5, 5.41) is 4.09. The fourth-order valence-corrected chi connectivity index (χ4v) is 3.50. The maximum atomic E-state index is 12.7. The van der Waals surface area contributed by atoms with Crippen LogP contribution < -0.4 is 19.1 Å². The number of carbonyl (C=O) groups excluding carboxylic acids is 1. The van der Waals surface area contributed by atoms with E-state index in [1.807, 2.05) is 31.2 Å². The number of benzene rings is 2. The van der Waals surface area contributed by atoms with Gasteiger partial charge in [-0.15, -0.1) is 0 Å². The van der Waals surface area contributed by atoms with Crippen LogP contribution in [0.15, 0.2) is 47.0 Å². The number of hydrogen-bond acceptors (Lipinski definition) is 7. The van der Waals surface area contributed by atoms with Gasteiger partial charge in [-0.3, -0.25) is 4.79 Å². The molecule has 1 unspecified atom stereocenters. The lowest BCUT2D eigenvalue weighted by atomic mass is 10.1. The summed E-state index contributed by atoms with van der Waals surface area (Å²) in [6.45, 7) is 2.97. The molecule has 8 heteroatoms. The number of anilines is 1. The van der Waals surface area contributed by atoms with Crippen LogP contribution in [0.4, 0.5) is 5.69 Å². The van der Waals surface area contributed by atoms with Gasteiger partial charge >= 0.3 is 0 Å². The van der Waals surface area contributed by atoms with Crippen molar-refractivity contribution in [3.8, 4) is 28.6 Å². The fourth-order valence-electron chi connectivity index (χ4n) is 3.50. The Morgan fingerprint density at radius 1 is 1.10 bits per heavy atom. The number of rotatable bonds is 7. The highest BCUT2D eigenvalue weighted by Crippen LogP contribution is 2.38. The summed E-state index contributed by atoms with van der Waals surface area (Å²) in [7, 11) is 3.16. The Labute approximate surface area is 174 Å². The van der Waals surface area contributed by atoms with Gasteiger partial charge in [0.1, 0.15) is 17.2 Å². The Kier molecular flexibility index (Phi) is 5.56. The van der Waals surface area contributed by atoms with Gasteiger partial charge in [0.05, 0.1) is 32.4 Å². The molecule has 4 rings (SSSR count). The van der Waals surface area contributed by atoms with Gasteiger partial charge in [0.25, 0.3) is 0 Å². The van der Waals surface area contributed by atoms with Crippen LogP contribution in [0.3, 0.4) is 0 Å². The average molecular weight is 409 g/mol. The molecule has 1 amide bonds. The zero-order chi connectivity index (χ0) is 21.1. The highest BCUT2D eigenvalue weighted by atomic mass is 16.5. The molecule has 1 aliphatic rings. The number of ether oxygens (including phenoxy) is 3. The Balaban J connectivity index is 1.54. The molecule has 1 atom stereocenters. The summed E-state index contributed by atoms with van der Waals surface area (Å²) in [5.41, 5.74) is 1.49. The van der Waals surface area contributed by atoms with Crippen LogP contribution in [0.25, 0.3) is 11.4 Å². The average Bonchev–Trinajstić information content (AvgIpc) is 3.41. The van der Waals surface area contributed by atoms with Gasteiger partial charge in [-0.2, -0.15) is 4.98 Å². The molecule has 8 nitrogen and oxygen atoms in total. The lowest BCUT2D eigenvalue weighted by Gasteiger charge is -2.20. The van der Waals surface area contributed by atoms with Crippen LogP contribution in [-0.4, -0.2) is 43.4 Å². The van der Waals surface area contributed by atoms with Gasteiger partial charge in [-0.05, 0) is 43.3 Å². The first-order chi connectivity index (χ1) is 14.6. The van der Waals surface area contributed by atoms with Gasteiger partial charge in [0, 0.05) is 24.6 Å². The van der Waals surface area contributed by atoms with Crippen molar-refractivity contribution in [3.63, 3.8) is 0 Å². The number of amides is 1. The second-order valence-corrected chi connectivity index (χ2v) is 6.86. The normalized spacial score (nSPS) is 16.0. The van der Waals surface area contributed by atoms with Crippen LogP contribution in [0, 0.1) is 0 Å². The molecule has 1 aromatic heterocycles. The standard InChI is InChI=1S/C22H23N3O5/c1-4-29-16-7-5-14(6-8-16)21-23-22(30-24-21)15-11-20(26)25(13-15)18-12-17(27-2)9-10-19(18)28-3/h5-10,12,15H,4,11,13H2,1-3H3. The van der Waals surface area contributed by atoms with E-state index >= 15 is 0 Å². The summed E-state index contributed by atoms with van der Waals surface area (Å²) < 4.78 is 21.7. The molecule has 30 heavy (non-hydrogen) atoms. The molecular formula is C22H23N3O5. The van der Waals surface area contributed by atoms with E-state index in [-0.39, 0.29) is 18.2 Å². The molecular weight excluding hydrogens is 386 g/mol. The van der Waals surface area contributed by atoms with Crippen molar-refractivity contribution in [1.82, 2.24) is 10.1 Å². The van der Waals surface area contributed by atoms with Crippen molar-refractivity contribution in [3.05, 3.63) is 48.4 Å². The second kappa shape index (κ2) is 8.44. The molecule has 0 saturated carbocycles. The third-order valence-electron chi connectivity index (χ3n) is 5.02. The third kappa shape index (κ3) is 3.80. The smallest absolute Gasteiger partial charge is 0.232 e. The van der Waals surface area contributed by atoms with E-state index < -0.39 is 0 Å². The predicted molar refractivity (Wildman–Crippen MR) is 110 cm³/mol. The first kappa shape index (κ1) is 19.8. The topological polar surface area (TPSA) is 86.9 Å². The van der Waals surface area contributed by atoms with Crippen LogP contribution in [0.5, 0.6) is 17.2 Å². The molecule has 0 bridgehead atoms. The van der Waals surface area contributed by atoms with Gasteiger partial charge in [-0.25, -0.2) is 0 Å². The third-order valence-corrected chi connectivity index (χ3v) is 5.02. The maximum absolute atomic E-state index is 12.7. The molecule has 0 spiro atoms. The maximum Gasteiger partial charge on any atom is 0.232 e. The number of hydrogen-bond donors (Lipinski definition) is 0. The Morgan fingerprint density at radius 2 is 1.87 bits per heavy atom. The van der Waals surface area contributed by atoms with E-state index in [1.54, 1.807) is 37.3 Å². The van der Waals surface area contributed by atoms with Crippen LogP contribution in [0.1, 0.15) is 25.2 Å². The molecule has 1 saturated heterocycles. The zero-order valence-corrected chi connectivity index (χ0v) is 17.1. The first-order valence-corrected chi connectivity index (χ1v) is 9.72. The predicted octanol–water partition coefficient (Wildman–Crippen LogP) is 3.67. The summed E-state index contributed by atoms with van der Waals surface area (Å²) >= 11 is 0. The largest absolute Gasteiger partial charge is 0.497 e. The van der Waals surface area contributed by atoms with E-state index in [0.29, 0.717) is 42.1 Å². The van der Waals surface area contributed by atoms with E-state index in [9.17, 15) is 4.79 Å². The van der Waals surface area contributed by atoms with Crippen molar-refractivity contribution >= 4 is 11.6 Å². The van der Waals surface area contributed by atoms with E-state index in [1.165, 1.54) is 0 Å². The minimum absolute atomic E-state index is 0.0348. The number of methoxy groups -OCH3 is 2. The van der Waals surface area contributed by atoms with Gasteiger partial charge < -0.3 is 23.6 Å². The van der Waals surface area contributed by atoms with Gasteiger partial charge in [0.2, 0.25) is 17.6 Å². The quantitative estimate of drug-likeness (QED) is 0.588. The molecule has 2 heterocycles. The van der Waals surface area contributed by atoms with Gasteiger partial charge in [0.15, 0.2) is 0 Å². The van der Waals surface area contributed by atoms with E-state index in [4.69, 9.17) is 18.7 Å². The van der Waals surface area contributed by atoms with Gasteiger partial charge in [-0.1, -0.05) is 5.16 Å². The molecule has 0 aliphatic carbocycles. The Bertz CT molecular complexity index is 1030. The van der Waals surface area contributed by atoms with Crippen molar-refractivity contribution in [2.75, 3.05) is 32.3 Å². The van der Waals surface area contributed by atoms with Crippen molar-refractivity contribution in [2.45, 2.75) is 19.3 Å². The minimum Gasteiger partial charge on any atom is -0.497 e. The highest BCUT2D eigenvalue weighted by molar-refractivity contribution is 5.98. The summed E-state index contributed by atoms with van der Waals surface area (Å²) in [5.74, 6) is 2.73. The number of nitrogens with zero attached hydrogens (tertiary/aromatic N) is 3. The zero-order valence-electron chi connectivity index (χ0n) is 17.1. The van der Waals surface area contributed by atoms with Crippen LogP contribution >= 0.6 is 0 Å². The molecule has 1 aliphatic heterocycles. The SMILES string of the molecule is CCOc1ccc(-c2noc(C3CC(=O)N(c4cc(OC)ccc4OC)C3)n2)cc1. The van der Waals surface area contributed by atoms with Crippen molar-refractivity contribution < 1.29 is 23.5 Å². The monoisotopic (exact) mass is 409 g/mol. The summed E-state index contributed by atoms with van der Waals surface area (Å²) in [6, 6.07) is 12.9. The molecule has 2 aromatic carbocycles. The van der Waals surface area contributed by atoms with Crippen LogP contribution in [0.2, 0.25) is 0 Å². The lowest BCUT2D eigenvalue weighted by molar-refractivity contribution is -0.117. The molecule has 0 radical (unpaired) electrons. The number of carbonyl (C=O) groups is 1. The van der Waals surface area contributed by atoms with E-state index in [0.717, 1.165) is 11.3 Å². The van der Waals surface area contributed by atoms with Crippen LogP contribution in [-0.2, 0) is 4.79 Å². The molecule has 1 fully saturated rings. The summed E-state index contributed by atoms with van der Waals surface area (Å²) in [4.78, 5) is 18.9. The molecule has 0 N–H and O–H groups in total. The number of aromatic nitrogens is 2. The lowest BCUT2D eigenvalue weighted by Crippen LogP contribution is -2.24. The molecule has 3 aromatic rings. The second-order valence-electron chi connectivity index (χ2n) is 6.86. The fraction of sp³-hybridized carbons (Fsp3) is 0.318. The molecule has 156 valence electrons. The first-order valence-electron chi connectivity index (χ1n) is 9.72. The minimum atomic E-state index is -0.197. The Morgan fingerprint density at radius 3 is 2.57 bits per heavy atom.